The smallest absolute Gasteiger partial charge is 0.277 e. The molecule has 0 aliphatic carbocycles. The maximum atomic E-state index is 12.9. The van der Waals surface area contributed by atoms with Crippen molar-refractivity contribution >= 4 is 44.7 Å². The van der Waals surface area contributed by atoms with E-state index in [0.29, 0.717) is 44.2 Å². The largest absolute Gasteiger partial charge is 0.497 e. The predicted octanol–water partition coefficient (Wildman–Crippen LogP) is 5.63. The lowest BCUT2D eigenvalue weighted by Crippen LogP contribution is -2.12. The lowest BCUT2D eigenvalue weighted by atomic mass is 10.2. The summed E-state index contributed by atoms with van der Waals surface area (Å²) in [6.07, 6.45) is 0. The van der Waals surface area contributed by atoms with Crippen LogP contribution in [-0.4, -0.2) is 34.4 Å². The maximum Gasteiger partial charge on any atom is 0.277 e. The maximum absolute atomic E-state index is 12.9. The number of hydrogen-bond acceptors (Lipinski definition) is 10. The Morgan fingerprint density at radius 2 is 1.91 bits per heavy atom. The first kappa shape index (κ1) is 21.7. The van der Waals surface area contributed by atoms with E-state index in [1.54, 1.807) is 43.8 Å². The number of H-pyrrole nitrogens is 1. The topological polar surface area (TPSA) is 103 Å². The van der Waals surface area contributed by atoms with Crippen LogP contribution in [-0.2, 0) is 0 Å². The molecule has 8 nitrogen and oxygen atoms in total. The summed E-state index contributed by atoms with van der Waals surface area (Å²) in [6, 6.07) is 9.33. The minimum absolute atomic E-state index is 0.151. The van der Waals surface area contributed by atoms with Crippen LogP contribution in [0.15, 0.2) is 55.5 Å². The Morgan fingerprint density at radius 1 is 1.12 bits per heavy atom. The number of ether oxygens (including phenoxy) is 2. The molecule has 1 N–H and O–H groups in total. The minimum Gasteiger partial charge on any atom is -0.497 e. The van der Waals surface area contributed by atoms with Crippen molar-refractivity contribution in [1.29, 1.82) is 0 Å². The van der Waals surface area contributed by atoms with Gasteiger partial charge < -0.3 is 18.9 Å². The van der Waals surface area contributed by atoms with Crippen molar-refractivity contribution < 1.29 is 13.9 Å². The predicted molar refractivity (Wildman–Crippen MR) is 131 cm³/mol. The van der Waals surface area contributed by atoms with Gasteiger partial charge in [0.2, 0.25) is 5.89 Å². The zero-order chi connectivity index (χ0) is 22.9. The second-order valence-corrected chi connectivity index (χ2v) is 10.1. The zero-order valence-corrected chi connectivity index (χ0v) is 20.3. The van der Waals surface area contributed by atoms with E-state index in [9.17, 15) is 4.79 Å². The normalized spacial score (nSPS) is 12.2. The molecular formula is C22H18N4O4S3. The van der Waals surface area contributed by atoms with Gasteiger partial charge in [-0.25, -0.2) is 4.98 Å². The number of rotatable bonds is 7. The van der Waals surface area contributed by atoms with Crippen molar-refractivity contribution in [3.8, 4) is 33.4 Å². The average Bonchev–Trinajstić information content (AvgIpc) is 3.59. The second kappa shape index (κ2) is 9.00. The van der Waals surface area contributed by atoms with Crippen LogP contribution in [0.3, 0.4) is 0 Å². The molecule has 33 heavy (non-hydrogen) atoms. The monoisotopic (exact) mass is 498 g/mol. The molecular weight excluding hydrogens is 480 g/mol. The summed E-state index contributed by atoms with van der Waals surface area (Å²) < 4.78 is 16.5. The third-order valence-electron chi connectivity index (χ3n) is 4.92. The molecule has 0 amide bonds. The summed E-state index contributed by atoms with van der Waals surface area (Å²) in [4.78, 5) is 22.3. The number of benzene rings is 1. The van der Waals surface area contributed by atoms with E-state index >= 15 is 0 Å². The quantitative estimate of drug-likeness (QED) is 0.288. The highest BCUT2D eigenvalue weighted by Crippen LogP contribution is 2.37. The molecule has 0 aliphatic heterocycles. The van der Waals surface area contributed by atoms with Gasteiger partial charge >= 0.3 is 0 Å². The van der Waals surface area contributed by atoms with Crippen LogP contribution in [0.2, 0.25) is 0 Å². The molecule has 168 valence electrons. The van der Waals surface area contributed by atoms with Gasteiger partial charge in [0, 0.05) is 27.5 Å². The Kier molecular flexibility index (Phi) is 5.92. The van der Waals surface area contributed by atoms with E-state index in [2.05, 4.69) is 15.2 Å². The summed E-state index contributed by atoms with van der Waals surface area (Å²) in [7, 11) is 3.16. The Balaban J connectivity index is 1.40. The third-order valence-corrected chi connectivity index (χ3v) is 7.64. The molecule has 5 aromatic rings. The van der Waals surface area contributed by atoms with Gasteiger partial charge in [0.05, 0.1) is 24.9 Å². The van der Waals surface area contributed by atoms with Crippen LogP contribution >= 0.6 is 34.4 Å². The van der Waals surface area contributed by atoms with E-state index in [-0.39, 0.29) is 10.8 Å². The van der Waals surface area contributed by atoms with Crippen LogP contribution in [0, 0.1) is 0 Å². The highest BCUT2D eigenvalue weighted by Gasteiger charge is 2.20. The third kappa shape index (κ3) is 4.26. The molecule has 4 aromatic heterocycles. The molecule has 0 saturated heterocycles. The lowest BCUT2D eigenvalue weighted by molar-refractivity contribution is 0.394. The molecule has 0 bridgehead atoms. The fourth-order valence-electron chi connectivity index (χ4n) is 3.28. The fourth-order valence-corrected chi connectivity index (χ4v) is 5.79. The Hall–Kier alpha value is -3.15. The number of nitrogens with one attached hydrogen (secondary N) is 1. The number of nitrogens with zero attached hydrogens (tertiary/aromatic N) is 3. The van der Waals surface area contributed by atoms with Crippen LogP contribution in [0.4, 0.5) is 0 Å². The molecule has 0 fully saturated rings. The summed E-state index contributed by atoms with van der Waals surface area (Å²) >= 11 is 4.39. The second-order valence-electron chi connectivity index (χ2n) is 6.99. The highest BCUT2D eigenvalue weighted by molar-refractivity contribution is 7.99. The highest BCUT2D eigenvalue weighted by atomic mass is 32.2. The van der Waals surface area contributed by atoms with E-state index in [1.807, 2.05) is 29.8 Å². The van der Waals surface area contributed by atoms with Crippen LogP contribution < -0.4 is 15.0 Å². The number of fused-ring (bicyclic) bond motifs is 1. The number of thioether (sulfide) groups is 1. The van der Waals surface area contributed by atoms with Gasteiger partial charge in [-0.15, -0.1) is 32.9 Å². The molecule has 11 heteroatoms. The van der Waals surface area contributed by atoms with Crippen molar-refractivity contribution in [3.05, 3.63) is 57.3 Å². The number of aromatic amines is 1. The summed E-state index contributed by atoms with van der Waals surface area (Å²) in [6.45, 7) is 1.93. The van der Waals surface area contributed by atoms with Crippen molar-refractivity contribution in [2.75, 3.05) is 14.2 Å². The lowest BCUT2D eigenvalue weighted by Gasteiger charge is -2.08. The van der Waals surface area contributed by atoms with Crippen molar-refractivity contribution in [1.82, 2.24) is 20.2 Å². The zero-order valence-electron chi connectivity index (χ0n) is 17.8. The van der Waals surface area contributed by atoms with Gasteiger partial charge in [0.25, 0.3) is 10.8 Å². The standard InChI is InChI=1S/C22H18N4O4S3/c1-11(18-23-19(27)17-15(10-32-21(17)24-18)16-5-4-6-31-16)33-22-26-25-20(30-22)12-7-13(28-2)9-14(8-12)29-3/h4-11H,1-3H3,(H,23,24,27). The van der Waals surface area contributed by atoms with E-state index < -0.39 is 0 Å². The molecule has 1 aromatic carbocycles. The van der Waals surface area contributed by atoms with Crippen molar-refractivity contribution in [2.45, 2.75) is 17.4 Å². The van der Waals surface area contributed by atoms with E-state index in [0.717, 1.165) is 10.4 Å². The van der Waals surface area contributed by atoms with Gasteiger partial charge in [-0.1, -0.05) is 17.8 Å². The molecule has 0 saturated carbocycles. The number of thiophene rings is 2. The number of methoxy groups -OCH3 is 2. The molecule has 4 heterocycles. The first-order chi connectivity index (χ1) is 16.1. The first-order valence-electron chi connectivity index (χ1n) is 9.84. The van der Waals surface area contributed by atoms with Gasteiger partial charge in [0.15, 0.2) is 0 Å². The average molecular weight is 499 g/mol. The van der Waals surface area contributed by atoms with Crippen LogP contribution in [0.25, 0.3) is 32.1 Å². The number of hydrogen-bond donors (Lipinski definition) is 1. The molecule has 0 aliphatic rings. The van der Waals surface area contributed by atoms with Gasteiger partial charge in [-0.2, -0.15) is 0 Å². The van der Waals surface area contributed by atoms with Gasteiger partial charge in [-0.05, 0) is 30.5 Å². The Bertz CT molecular complexity index is 1450. The van der Waals surface area contributed by atoms with E-state index in [1.165, 1.54) is 23.1 Å². The Labute approximate surface area is 200 Å². The molecule has 1 unspecified atom stereocenters. The van der Waals surface area contributed by atoms with E-state index in [4.69, 9.17) is 18.9 Å². The molecule has 1 atom stereocenters. The Morgan fingerprint density at radius 3 is 2.61 bits per heavy atom. The summed E-state index contributed by atoms with van der Waals surface area (Å²) in [5.41, 5.74) is 1.45. The summed E-state index contributed by atoms with van der Waals surface area (Å²) in [5.74, 6) is 2.15. The fraction of sp³-hybridized carbons (Fsp3) is 0.182. The SMILES string of the molecule is COc1cc(OC)cc(-c2nnc(SC(C)c3nc4scc(-c5cccs5)c4c(=O)[nH]3)o2)c1. The summed E-state index contributed by atoms with van der Waals surface area (Å²) in [5, 5.41) is 13.0. The molecule has 0 radical (unpaired) electrons. The van der Waals surface area contributed by atoms with Crippen LogP contribution in [0.1, 0.15) is 18.0 Å². The van der Waals surface area contributed by atoms with Gasteiger partial charge in [0.1, 0.15) is 22.2 Å². The number of aromatic nitrogens is 4. The first-order valence-corrected chi connectivity index (χ1v) is 12.5. The minimum atomic E-state index is -0.206. The van der Waals surface area contributed by atoms with Gasteiger partial charge in [-0.3, -0.25) is 4.79 Å². The van der Waals surface area contributed by atoms with Crippen molar-refractivity contribution in [3.63, 3.8) is 0 Å². The van der Waals surface area contributed by atoms with Crippen LogP contribution in [0.5, 0.6) is 11.5 Å². The van der Waals surface area contributed by atoms with Crippen molar-refractivity contribution in [2.24, 2.45) is 0 Å². The molecule has 5 rings (SSSR count). The molecule has 0 spiro atoms.